The SMILES string of the molecule is CCCNc1ncc(S(=O)(=O)N2CCNC(=O)C2C)cn1. The van der Waals surface area contributed by atoms with E-state index in [4.69, 9.17) is 0 Å². The Bertz CT molecular complexity index is 602. The Morgan fingerprint density at radius 3 is 2.71 bits per heavy atom. The van der Waals surface area contributed by atoms with Crippen LogP contribution in [0.15, 0.2) is 17.3 Å². The highest BCUT2D eigenvalue weighted by molar-refractivity contribution is 7.89. The van der Waals surface area contributed by atoms with E-state index < -0.39 is 16.1 Å². The van der Waals surface area contributed by atoms with Gasteiger partial charge in [-0.3, -0.25) is 4.79 Å². The molecule has 0 radical (unpaired) electrons. The Labute approximate surface area is 124 Å². The maximum absolute atomic E-state index is 12.5. The van der Waals surface area contributed by atoms with Crippen molar-refractivity contribution in [3.63, 3.8) is 0 Å². The summed E-state index contributed by atoms with van der Waals surface area (Å²) in [5.41, 5.74) is 0. The summed E-state index contributed by atoms with van der Waals surface area (Å²) in [6.45, 7) is 4.83. The second-order valence-corrected chi connectivity index (χ2v) is 6.64. The molecule has 0 spiro atoms. The molecule has 0 saturated carbocycles. The molecule has 21 heavy (non-hydrogen) atoms. The van der Waals surface area contributed by atoms with Crippen LogP contribution in [0.5, 0.6) is 0 Å². The molecule has 2 rings (SSSR count). The highest BCUT2D eigenvalue weighted by atomic mass is 32.2. The van der Waals surface area contributed by atoms with Crippen LogP contribution >= 0.6 is 0 Å². The van der Waals surface area contributed by atoms with Gasteiger partial charge in [-0.25, -0.2) is 18.4 Å². The number of sulfonamides is 1. The topological polar surface area (TPSA) is 104 Å². The Morgan fingerprint density at radius 2 is 2.10 bits per heavy atom. The number of hydrogen-bond acceptors (Lipinski definition) is 6. The minimum Gasteiger partial charge on any atom is -0.354 e. The van der Waals surface area contributed by atoms with Crippen molar-refractivity contribution in [2.24, 2.45) is 0 Å². The second-order valence-electron chi connectivity index (χ2n) is 4.75. The summed E-state index contributed by atoms with van der Waals surface area (Å²) in [5.74, 6) is 0.0900. The number of aromatic nitrogens is 2. The fourth-order valence-electron chi connectivity index (χ4n) is 2.00. The summed E-state index contributed by atoms with van der Waals surface area (Å²) in [4.78, 5) is 19.6. The zero-order valence-corrected chi connectivity index (χ0v) is 12.9. The van der Waals surface area contributed by atoms with E-state index in [1.807, 2.05) is 6.92 Å². The molecule has 8 nitrogen and oxygen atoms in total. The molecule has 1 unspecified atom stereocenters. The smallest absolute Gasteiger partial charge is 0.246 e. The van der Waals surface area contributed by atoms with Crippen molar-refractivity contribution in [1.29, 1.82) is 0 Å². The highest BCUT2D eigenvalue weighted by Crippen LogP contribution is 2.18. The van der Waals surface area contributed by atoms with Crippen LogP contribution < -0.4 is 10.6 Å². The number of rotatable bonds is 5. The molecule has 2 N–H and O–H groups in total. The van der Waals surface area contributed by atoms with Crippen LogP contribution in [0.25, 0.3) is 0 Å². The van der Waals surface area contributed by atoms with Gasteiger partial charge >= 0.3 is 0 Å². The molecule has 1 atom stereocenters. The first-order valence-electron chi connectivity index (χ1n) is 6.82. The van der Waals surface area contributed by atoms with E-state index in [1.54, 1.807) is 6.92 Å². The highest BCUT2D eigenvalue weighted by Gasteiger charge is 2.35. The van der Waals surface area contributed by atoms with Crippen molar-refractivity contribution in [2.45, 2.75) is 31.2 Å². The molecule has 1 aliphatic rings. The van der Waals surface area contributed by atoms with E-state index in [9.17, 15) is 13.2 Å². The minimum absolute atomic E-state index is 0.00824. The monoisotopic (exact) mass is 313 g/mol. The molecule has 1 aromatic heterocycles. The van der Waals surface area contributed by atoms with Gasteiger partial charge in [0.05, 0.1) is 12.4 Å². The first kappa shape index (κ1) is 15.6. The van der Waals surface area contributed by atoms with Crippen molar-refractivity contribution in [2.75, 3.05) is 25.0 Å². The molecule has 1 saturated heterocycles. The fraction of sp³-hybridized carbons (Fsp3) is 0.583. The zero-order chi connectivity index (χ0) is 15.5. The number of hydrogen-bond donors (Lipinski definition) is 2. The van der Waals surface area contributed by atoms with Crippen LogP contribution in [-0.2, 0) is 14.8 Å². The average molecular weight is 313 g/mol. The van der Waals surface area contributed by atoms with Crippen LogP contribution in [0.3, 0.4) is 0 Å². The Hall–Kier alpha value is -1.74. The van der Waals surface area contributed by atoms with Crippen LogP contribution in [0, 0.1) is 0 Å². The van der Waals surface area contributed by atoms with Crippen LogP contribution in [0.4, 0.5) is 5.95 Å². The molecule has 2 heterocycles. The van der Waals surface area contributed by atoms with Gasteiger partial charge in [-0.2, -0.15) is 4.31 Å². The lowest BCUT2D eigenvalue weighted by Gasteiger charge is -2.31. The number of anilines is 1. The van der Waals surface area contributed by atoms with Gasteiger partial charge in [-0.15, -0.1) is 0 Å². The van der Waals surface area contributed by atoms with Crippen molar-refractivity contribution in [3.8, 4) is 0 Å². The molecule has 0 aromatic carbocycles. The van der Waals surface area contributed by atoms with Gasteiger partial charge in [-0.1, -0.05) is 6.92 Å². The van der Waals surface area contributed by atoms with E-state index in [2.05, 4.69) is 20.6 Å². The van der Waals surface area contributed by atoms with E-state index in [0.29, 0.717) is 12.5 Å². The summed E-state index contributed by atoms with van der Waals surface area (Å²) in [6, 6.07) is -0.735. The zero-order valence-electron chi connectivity index (χ0n) is 12.0. The molecular weight excluding hydrogens is 294 g/mol. The Kier molecular flexibility index (Phi) is 4.73. The number of piperazine rings is 1. The van der Waals surface area contributed by atoms with E-state index in [1.165, 1.54) is 16.7 Å². The van der Waals surface area contributed by atoms with Gasteiger partial charge in [0.1, 0.15) is 10.9 Å². The average Bonchev–Trinajstić information content (AvgIpc) is 2.48. The van der Waals surface area contributed by atoms with Gasteiger partial charge in [0.2, 0.25) is 21.9 Å². The molecule has 9 heteroatoms. The van der Waals surface area contributed by atoms with E-state index in [-0.39, 0.29) is 17.3 Å². The van der Waals surface area contributed by atoms with Crippen molar-refractivity contribution < 1.29 is 13.2 Å². The summed E-state index contributed by atoms with van der Waals surface area (Å²) in [6.07, 6.45) is 3.45. The third-order valence-electron chi connectivity index (χ3n) is 3.21. The summed E-state index contributed by atoms with van der Waals surface area (Å²) < 4.78 is 26.2. The minimum atomic E-state index is -3.76. The molecule has 116 valence electrons. The number of carbonyl (C=O) groups excluding carboxylic acids is 1. The molecule has 1 aromatic rings. The van der Waals surface area contributed by atoms with Crippen molar-refractivity contribution in [1.82, 2.24) is 19.6 Å². The van der Waals surface area contributed by atoms with Crippen molar-refractivity contribution in [3.05, 3.63) is 12.4 Å². The van der Waals surface area contributed by atoms with Crippen LogP contribution in [0.2, 0.25) is 0 Å². The lowest BCUT2D eigenvalue weighted by molar-refractivity contribution is -0.126. The Morgan fingerprint density at radius 1 is 1.43 bits per heavy atom. The number of nitrogens with one attached hydrogen (secondary N) is 2. The third kappa shape index (κ3) is 3.30. The molecule has 0 bridgehead atoms. The van der Waals surface area contributed by atoms with Gasteiger partial charge in [0.25, 0.3) is 0 Å². The number of carbonyl (C=O) groups is 1. The van der Waals surface area contributed by atoms with E-state index >= 15 is 0 Å². The number of amides is 1. The third-order valence-corrected chi connectivity index (χ3v) is 5.13. The predicted octanol–water partition coefficient (Wildman–Crippen LogP) is -0.192. The fourth-order valence-corrected chi connectivity index (χ4v) is 3.49. The predicted molar refractivity (Wildman–Crippen MR) is 77.2 cm³/mol. The van der Waals surface area contributed by atoms with Gasteiger partial charge < -0.3 is 10.6 Å². The van der Waals surface area contributed by atoms with Crippen molar-refractivity contribution >= 4 is 21.9 Å². The lowest BCUT2D eigenvalue weighted by atomic mass is 10.2. The van der Waals surface area contributed by atoms with Crippen LogP contribution in [0.1, 0.15) is 20.3 Å². The molecule has 0 aliphatic carbocycles. The first-order chi connectivity index (χ1) is 9.96. The summed E-state index contributed by atoms with van der Waals surface area (Å²) >= 11 is 0. The summed E-state index contributed by atoms with van der Waals surface area (Å²) in [7, 11) is -3.76. The molecular formula is C12H19N5O3S. The molecule has 1 aliphatic heterocycles. The van der Waals surface area contributed by atoms with Gasteiger partial charge in [0, 0.05) is 19.6 Å². The second kappa shape index (κ2) is 6.35. The normalized spacial score (nSPS) is 20.1. The maximum atomic E-state index is 12.5. The molecule has 1 fully saturated rings. The van der Waals surface area contributed by atoms with Gasteiger partial charge in [-0.05, 0) is 13.3 Å². The number of nitrogens with zero attached hydrogens (tertiary/aromatic N) is 3. The Balaban J connectivity index is 2.21. The largest absolute Gasteiger partial charge is 0.354 e. The molecule has 1 amide bonds. The van der Waals surface area contributed by atoms with E-state index in [0.717, 1.165) is 13.0 Å². The van der Waals surface area contributed by atoms with Gasteiger partial charge in [0.15, 0.2) is 0 Å². The lowest BCUT2D eigenvalue weighted by Crippen LogP contribution is -2.55. The maximum Gasteiger partial charge on any atom is 0.246 e. The van der Waals surface area contributed by atoms with Crippen LogP contribution in [-0.4, -0.2) is 54.3 Å². The first-order valence-corrected chi connectivity index (χ1v) is 8.26. The standard InChI is InChI=1S/C12H19N5O3S/c1-3-4-14-12-15-7-10(8-16-12)21(19,20)17-6-5-13-11(18)9(17)2/h7-9H,3-6H2,1-2H3,(H,13,18)(H,14,15,16). The summed E-state index contributed by atoms with van der Waals surface area (Å²) in [5, 5.41) is 5.60. The quantitative estimate of drug-likeness (QED) is 0.780.